The SMILES string of the molecule is CC(=O)c1c([S+]([O-])Cc2ccc(C#N)cc2)[nH]c2c(Br)ccc(Cl)c2c1=O. The molecule has 0 amide bonds. The van der Waals surface area contributed by atoms with Crippen molar-refractivity contribution in [3.05, 3.63) is 72.8 Å². The van der Waals surface area contributed by atoms with Gasteiger partial charge in [0.25, 0.3) is 0 Å². The first-order chi connectivity index (χ1) is 12.8. The standard InChI is InChI=1S/C19H12BrClN2O3S/c1-10(24)15-18(25)16-14(21)7-6-13(20)17(16)23-19(15)27(26)9-12-4-2-11(8-22)3-5-12/h2-7H,9H2,1H3,(H,23,25). The van der Waals surface area contributed by atoms with E-state index in [4.69, 9.17) is 16.9 Å². The van der Waals surface area contributed by atoms with E-state index >= 15 is 0 Å². The number of hydrogen-bond donors (Lipinski definition) is 1. The maximum absolute atomic E-state index is 13.0. The molecule has 0 radical (unpaired) electrons. The molecule has 27 heavy (non-hydrogen) atoms. The van der Waals surface area contributed by atoms with Crippen LogP contribution in [0.25, 0.3) is 10.9 Å². The van der Waals surface area contributed by atoms with Crippen LogP contribution in [0.2, 0.25) is 5.02 Å². The molecular formula is C19H12BrClN2O3S. The third-order valence-corrected chi connectivity index (χ3v) is 6.32. The number of carbonyl (C=O) groups excluding carboxylic acids is 1. The van der Waals surface area contributed by atoms with Gasteiger partial charge in [0, 0.05) is 21.2 Å². The number of H-pyrrole nitrogens is 1. The average molecular weight is 464 g/mol. The van der Waals surface area contributed by atoms with Gasteiger partial charge in [-0.25, -0.2) is 0 Å². The normalized spacial score (nSPS) is 12.0. The predicted molar refractivity (Wildman–Crippen MR) is 109 cm³/mol. The number of ketones is 1. The molecule has 0 spiro atoms. The summed E-state index contributed by atoms with van der Waals surface area (Å²) in [6.07, 6.45) is 0. The van der Waals surface area contributed by atoms with Crippen molar-refractivity contribution in [2.75, 3.05) is 0 Å². The largest absolute Gasteiger partial charge is 0.610 e. The van der Waals surface area contributed by atoms with Crippen LogP contribution < -0.4 is 5.43 Å². The van der Waals surface area contributed by atoms with Gasteiger partial charge in [-0.05, 0) is 47.1 Å². The number of carbonyl (C=O) groups is 1. The molecule has 8 heteroatoms. The zero-order chi connectivity index (χ0) is 19.7. The lowest BCUT2D eigenvalue weighted by Gasteiger charge is -2.15. The van der Waals surface area contributed by atoms with Crippen molar-refractivity contribution >= 4 is 55.4 Å². The van der Waals surface area contributed by atoms with Crippen LogP contribution in [0.15, 0.2) is 50.7 Å². The first-order valence-electron chi connectivity index (χ1n) is 7.75. The Hall–Kier alpha value is -2.11. The van der Waals surface area contributed by atoms with Gasteiger partial charge in [0.15, 0.2) is 5.78 Å². The second-order valence-corrected chi connectivity index (χ2v) is 8.44. The monoisotopic (exact) mass is 462 g/mol. The van der Waals surface area contributed by atoms with Crippen molar-refractivity contribution in [2.45, 2.75) is 17.7 Å². The fourth-order valence-corrected chi connectivity index (χ4v) is 4.68. The van der Waals surface area contributed by atoms with E-state index in [1.165, 1.54) is 6.92 Å². The molecule has 0 aliphatic rings. The van der Waals surface area contributed by atoms with Crippen LogP contribution in [-0.4, -0.2) is 15.3 Å². The summed E-state index contributed by atoms with van der Waals surface area (Å²) in [5.74, 6) is -0.400. The first kappa shape index (κ1) is 19.6. The number of aromatic nitrogens is 1. The van der Waals surface area contributed by atoms with Gasteiger partial charge in [0.05, 0.1) is 27.6 Å². The predicted octanol–water partition coefficient (Wildman–Crippen LogP) is 4.33. The fraction of sp³-hybridized carbons (Fsp3) is 0.105. The van der Waals surface area contributed by atoms with Crippen LogP contribution in [0, 0.1) is 11.3 Å². The fourth-order valence-electron chi connectivity index (χ4n) is 2.69. The molecule has 1 atom stereocenters. The van der Waals surface area contributed by atoms with Crippen molar-refractivity contribution in [3.63, 3.8) is 0 Å². The van der Waals surface area contributed by atoms with Crippen molar-refractivity contribution in [1.82, 2.24) is 4.98 Å². The van der Waals surface area contributed by atoms with Gasteiger partial charge >= 0.3 is 0 Å². The van der Waals surface area contributed by atoms with E-state index in [9.17, 15) is 14.1 Å². The van der Waals surface area contributed by atoms with Gasteiger partial charge in [-0.2, -0.15) is 5.26 Å². The molecule has 0 aliphatic heterocycles. The Morgan fingerprint density at radius 2 is 1.96 bits per heavy atom. The van der Waals surface area contributed by atoms with Gasteiger partial charge in [-0.15, -0.1) is 0 Å². The number of nitrogens with one attached hydrogen (secondary N) is 1. The van der Waals surface area contributed by atoms with E-state index in [0.717, 1.165) is 0 Å². The summed E-state index contributed by atoms with van der Waals surface area (Å²) in [4.78, 5) is 28.0. The third-order valence-electron chi connectivity index (χ3n) is 3.98. The van der Waals surface area contributed by atoms with Gasteiger partial charge in [-0.1, -0.05) is 23.7 Å². The van der Waals surface area contributed by atoms with Crippen LogP contribution in [0.4, 0.5) is 0 Å². The zero-order valence-corrected chi connectivity index (χ0v) is 17.2. The minimum atomic E-state index is -1.68. The quantitative estimate of drug-likeness (QED) is 0.460. The highest BCUT2D eigenvalue weighted by atomic mass is 79.9. The molecule has 1 unspecified atom stereocenters. The van der Waals surface area contributed by atoms with Gasteiger partial charge in [0.1, 0.15) is 11.3 Å². The van der Waals surface area contributed by atoms with E-state index in [1.807, 2.05) is 6.07 Å². The molecule has 0 saturated carbocycles. The lowest BCUT2D eigenvalue weighted by Crippen LogP contribution is -2.22. The van der Waals surface area contributed by atoms with Crippen LogP contribution in [-0.2, 0) is 16.9 Å². The van der Waals surface area contributed by atoms with E-state index in [0.29, 0.717) is 21.1 Å². The van der Waals surface area contributed by atoms with Crippen LogP contribution in [0.1, 0.15) is 28.4 Å². The van der Waals surface area contributed by atoms with Gasteiger partial charge in [0.2, 0.25) is 10.5 Å². The summed E-state index contributed by atoms with van der Waals surface area (Å²) in [5.41, 5.74) is 0.889. The molecule has 1 heterocycles. The molecule has 0 aliphatic carbocycles. The van der Waals surface area contributed by atoms with Crippen molar-refractivity contribution in [3.8, 4) is 6.07 Å². The molecule has 3 rings (SSSR count). The number of fused-ring (bicyclic) bond motifs is 1. The summed E-state index contributed by atoms with van der Waals surface area (Å²) in [5, 5.41) is 9.31. The van der Waals surface area contributed by atoms with E-state index in [1.54, 1.807) is 36.4 Å². The maximum Gasteiger partial charge on any atom is 0.238 e. The summed E-state index contributed by atoms with van der Waals surface area (Å²) in [6.45, 7) is 1.25. The molecule has 2 aromatic carbocycles. The number of Topliss-reactive ketones (excluding diaryl/α,β-unsaturated/α-hetero) is 1. The number of hydrogen-bond acceptors (Lipinski definition) is 4. The van der Waals surface area contributed by atoms with Crippen LogP contribution >= 0.6 is 27.5 Å². The molecular weight excluding hydrogens is 452 g/mol. The minimum Gasteiger partial charge on any atom is -0.610 e. The maximum atomic E-state index is 13.0. The molecule has 5 nitrogen and oxygen atoms in total. The number of nitrogens with zero attached hydrogens (tertiary/aromatic N) is 1. The highest BCUT2D eigenvalue weighted by Gasteiger charge is 2.27. The summed E-state index contributed by atoms with van der Waals surface area (Å²) >= 11 is 7.82. The van der Waals surface area contributed by atoms with Gasteiger partial charge in [-0.3, -0.25) is 9.59 Å². The Morgan fingerprint density at radius 1 is 1.30 bits per heavy atom. The smallest absolute Gasteiger partial charge is 0.238 e. The molecule has 1 aromatic heterocycles. The number of rotatable bonds is 4. The van der Waals surface area contributed by atoms with E-state index in [-0.39, 0.29) is 26.8 Å². The second kappa shape index (κ2) is 7.87. The molecule has 1 N–H and O–H groups in total. The molecule has 0 bridgehead atoms. The Bertz CT molecular complexity index is 1150. The molecule has 3 aromatic rings. The minimum absolute atomic E-state index is 0.0623. The number of nitriles is 1. The molecule has 0 saturated heterocycles. The zero-order valence-electron chi connectivity index (χ0n) is 14.0. The molecule has 136 valence electrons. The Labute approximate surface area is 171 Å². The first-order valence-corrected chi connectivity index (χ1v) is 10.2. The molecule has 0 fully saturated rings. The summed E-state index contributed by atoms with van der Waals surface area (Å²) < 4.78 is 13.5. The summed E-state index contributed by atoms with van der Waals surface area (Å²) in [6, 6.07) is 11.9. The average Bonchev–Trinajstić information content (AvgIpc) is 2.64. The topological polar surface area (TPSA) is 96.8 Å². The Balaban J connectivity index is 2.15. The van der Waals surface area contributed by atoms with Gasteiger partial charge < -0.3 is 9.54 Å². The highest BCUT2D eigenvalue weighted by Crippen LogP contribution is 2.29. The van der Waals surface area contributed by atoms with Crippen molar-refractivity contribution < 1.29 is 9.35 Å². The Kier molecular flexibility index (Phi) is 5.72. The lowest BCUT2D eigenvalue weighted by molar-refractivity contribution is 0.101. The number of pyridine rings is 1. The lowest BCUT2D eigenvalue weighted by atomic mass is 10.1. The number of halogens is 2. The van der Waals surface area contributed by atoms with Crippen molar-refractivity contribution in [1.29, 1.82) is 5.26 Å². The number of benzene rings is 2. The van der Waals surface area contributed by atoms with E-state index in [2.05, 4.69) is 20.9 Å². The Morgan fingerprint density at radius 3 is 2.56 bits per heavy atom. The van der Waals surface area contributed by atoms with Crippen LogP contribution in [0.5, 0.6) is 0 Å². The summed E-state index contributed by atoms with van der Waals surface area (Å²) in [7, 11) is 0. The van der Waals surface area contributed by atoms with Crippen molar-refractivity contribution in [2.24, 2.45) is 0 Å². The highest BCUT2D eigenvalue weighted by molar-refractivity contribution is 9.10. The number of aromatic amines is 1. The third kappa shape index (κ3) is 3.80. The van der Waals surface area contributed by atoms with E-state index < -0.39 is 22.4 Å². The van der Waals surface area contributed by atoms with Crippen LogP contribution in [0.3, 0.4) is 0 Å². The second-order valence-electron chi connectivity index (χ2n) is 5.79.